The number of halogens is 3. The van der Waals surface area contributed by atoms with Crippen molar-refractivity contribution in [3.63, 3.8) is 0 Å². The highest BCUT2D eigenvalue weighted by Gasteiger charge is 2.48. The van der Waals surface area contributed by atoms with Gasteiger partial charge in [0, 0.05) is 0 Å². The van der Waals surface area contributed by atoms with Crippen LogP contribution in [-0.4, -0.2) is 42.2 Å². The first-order valence-corrected chi connectivity index (χ1v) is 7.62. The van der Waals surface area contributed by atoms with E-state index in [2.05, 4.69) is 11.1 Å². The van der Waals surface area contributed by atoms with Crippen LogP contribution in [0.1, 0.15) is 40.0 Å². The van der Waals surface area contributed by atoms with Gasteiger partial charge in [-0.3, -0.25) is 4.79 Å². The highest BCUT2D eigenvalue weighted by atomic mass is 32.2. The van der Waals surface area contributed by atoms with Gasteiger partial charge in [-0.1, -0.05) is 26.7 Å². The summed E-state index contributed by atoms with van der Waals surface area (Å²) in [7, 11) is -5.82. The van der Waals surface area contributed by atoms with Gasteiger partial charge in [0.25, 0.3) is 0 Å². The molecule has 0 aromatic rings. The van der Waals surface area contributed by atoms with Crippen LogP contribution < -0.4 is 0 Å². The molecule has 11 heteroatoms. The minimum absolute atomic E-state index is 0.162. The summed E-state index contributed by atoms with van der Waals surface area (Å²) in [6.45, 7) is 4.48. The molecule has 7 nitrogen and oxygen atoms in total. The first kappa shape index (κ1) is 22.9. The number of carbonyl (C=O) groups is 2. The maximum atomic E-state index is 11.6. The van der Waals surface area contributed by atoms with Crippen LogP contribution in [0.15, 0.2) is 0 Å². The third kappa shape index (κ3) is 9.55. The van der Waals surface area contributed by atoms with E-state index in [1.807, 2.05) is 0 Å². The van der Waals surface area contributed by atoms with Gasteiger partial charge in [0.05, 0.1) is 5.92 Å². The summed E-state index contributed by atoms with van der Waals surface area (Å²) in [6, 6.07) is 0. The third-order valence-corrected chi connectivity index (χ3v) is 3.42. The second-order valence-electron chi connectivity index (χ2n) is 4.36. The van der Waals surface area contributed by atoms with Gasteiger partial charge < -0.3 is 10.2 Å². The summed E-state index contributed by atoms with van der Waals surface area (Å²) >= 11 is 0. The van der Waals surface area contributed by atoms with Gasteiger partial charge in [-0.05, 0) is 13.3 Å². The van der Waals surface area contributed by atoms with Gasteiger partial charge in [-0.2, -0.15) is 21.6 Å². The Morgan fingerprint density at radius 2 is 1.59 bits per heavy atom. The molecule has 0 heterocycles. The van der Waals surface area contributed by atoms with Gasteiger partial charge in [-0.15, -0.1) is 0 Å². The van der Waals surface area contributed by atoms with Crippen molar-refractivity contribution in [3.05, 3.63) is 0 Å². The highest BCUT2D eigenvalue weighted by Crippen LogP contribution is 2.25. The number of unbranched alkanes of at least 4 members (excludes halogenated alkanes) is 1. The lowest BCUT2D eigenvalue weighted by atomic mass is 10.1. The Hall–Kier alpha value is -1.36. The van der Waals surface area contributed by atoms with Crippen molar-refractivity contribution in [3.8, 4) is 0 Å². The zero-order valence-corrected chi connectivity index (χ0v) is 13.1. The Kier molecular flexibility index (Phi) is 10.0. The molecule has 0 saturated carbocycles. The predicted molar refractivity (Wildman–Crippen MR) is 69.5 cm³/mol. The van der Waals surface area contributed by atoms with E-state index in [-0.39, 0.29) is 5.92 Å². The van der Waals surface area contributed by atoms with E-state index in [4.69, 9.17) is 10.2 Å². The molecule has 0 unspecified atom stereocenters. The fraction of sp³-hybridized carbons (Fsp3) is 0.818. The molecule has 0 bridgehead atoms. The van der Waals surface area contributed by atoms with Crippen molar-refractivity contribution in [2.24, 2.45) is 5.92 Å². The van der Waals surface area contributed by atoms with Gasteiger partial charge in [0.2, 0.25) is 0 Å². The topological polar surface area (TPSA) is 118 Å². The number of hydrogen-bond donors (Lipinski definition) is 2. The van der Waals surface area contributed by atoms with Gasteiger partial charge in [-0.25, -0.2) is 8.98 Å². The monoisotopic (exact) mass is 352 g/mol. The zero-order chi connectivity index (χ0) is 18.1. The molecule has 0 amide bonds. The number of carboxylic acid groups (broad SMARTS) is 2. The van der Waals surface area contributed by atoms with Crippen molar-refractivity contribution in [2.75, 3.05) is 0 Å². The molecule has 0 radical (unpaired) electrons. The fourth-order valence-corrected chi connectivity index (χ4v) is 1.49. The summed E-state index contributed by atoms with van der Waals surface area (Å²) in [5.41, 5.74) is -5.60. The van der Waals surface area contributed by atoms with Gasteiger partial charge >= 0.3 is 27.6 Å². The molecule has 0 saturated heterocycles. The van der Waals surface area contributed by atoms with Crippen molar-refractivity contribution < 1.29 is 45.6 Å². The molecule has 0 rings (SSSR count). The molecule has 0 fully saturated rings. The first-order chi connectivity index (χ1) is 9.76. The standard InChI is InChI=1S/C7H14O2.C4H5F3O5S/c1-3-4-5-6(2)7(8)9;1-2(3(8)9)12-13(10,11)4(5,6)7/h6H,3-5H2,1-2H3,(H,8,9);2H,1H3,(H,8,9)/t6-;2-/m00/s1. The summed E-state index contributed by atoms with van der Waals surface area (Å²) < 4.78 is 58.3. The molecular weight excluding hydrogens is 333 g/mol. The lowest BCUT2D eigenvalue weighted by molar-refractivity contribution is -0.145. The van der Waals surface area contributed by atoms with Crippen LogP contribution >= 0.6 is 0 Å². The zero-order valence-electron chi connectivity index (χ0n) is 12.3. The van der Waals surface area contributed by atoms with Crippen molar-refractivity contribution in [1.29, 1.82) is 0 Å². The lowest BCUT2D eigenvalue weighted by Gasteiger charge is -2.10. The first-order valence-electron chi connectivity index (χ1n) is 6.21. The SMILES string of the molecule is CCCC[C@H](C)C(=O)O.C[C@H](OS(=O)(=O)C(F)(F)F)C(=O)O. The second kappa shape index (κ2) is 9.62. The van der Waals surface area contributed by atoms with Crippen molar-refractivity contribution in [1.82, 2.24) is 0 Å². The Labute approximate surface area is 126 Å². The van der Waals surface area contributed by atoms with Crippen LogP contribution in [0, 0.1) is 5.92 Å². The quantitative estimate of drug-likeness (QED) is 0.533. The number of aliphatic carboxylic acids is 2. The van der Waals surface area contributed by atoms with Crippen LogP contribution in [0.25, 0.3) is 0 Å². The smallest absolute Gasteiger partial charge is 0.481 e. The maximum absolute atomic E-state index is 11.6. The molecule has 22 heavy (non-hydrogen) atoms. The normalized spacial score (nSPS) is 14.5. The Bertz CT molecular complexity index is 459. The Morgan fingerprint density at radius 3 is 1.86 bits per heavy atom. The van der Waals surface area contributed by atoms with Crippen molar-refractivity contribution >= 4 is 22.1 Å². The molecule has 0 aliphatic carbocycles. The molecular formula is C11H19F3O7S. The molecule has 0 aliphatic rings. The molecule has 0 aromatic heterocycles. The largest absolute Gasteiger partial charge is 0.523 e. The predicted octanol–water partition coefficient (Wildman–Crippen LogP) is 2.22. The number of carboxylic acids is 2. The molecule has 0 aromatic carbocycles. The molecule has 132 valence electrons. The van der Waals surface area contributed by atoms with Crippen LogP contribution in [0.5, 0.6) is 0 Å². The van der Waals surface area contributed by atoms with Crippen LogP contribution in [-0.2, 0) is 23.9 Å². The van der Waals surface area contributed by atoms with E-state index in [9.17, 15) is 31.2 Å². The Morgan fingerprint density at radius 1 is 1.14 bits per heavy atom. The van der Waals surface area contributed by atoms with E-state index in [0.29, 0.717) is 6.92 Å². The highest BCUT2D eigenvalue weighted by molar-refractivity contribution is 7.87. The second-order valence-corrected chi connectivity index (χ2v) is 5.92. The number of alkyl halides is 3. The van der Waals surface area contributed by atoms with E-state index >= 15 is 0 Å². The fourth-order valence-electron chi connectivity index (χ4n) is 0.920. The van der Waals surface area contributed by atoms with Crippen LogP contribution in [0.3, 0.4) is 0 Å². The van der Waals surface area contributed by atoms with Crippen molar-refractivity contribution in [2.45, 2.75) is 51.6 Å². The summed E-state index contributed by atoms with van der Waals surface area (Å²) in [4.78, 5) is 20.2. The van der Waals surface area contributed by atoms with E-state index in [0.717, 1.165) is 19.3 Å². The number of hydrogen-bond acceptors (Lipinski definition) is 5. The van der Waals surface area contributed by atoms with Crippen LogP contribution in [0.2, 0.25) is 0 Å². The van der Waals surface area contributed by atoms with Gasteiger partial charge in [0.15, 0.2) is 6.10 Å². The van der Waals surface area contributed by atoms with E-state index in [1.54, 1.807) is 6.92 Å². The minimum atomic E-state index is -5.82. The maximum Gasteiger partial charge on any atom is 0.523 e. The molecule has 2 N–H and O–H groups in total. The molecule has 0 aliphatic heterocycles. The van der Waals surface area contributed by atoms with E-state index < -0.39 is 33.7 Å². The summed E-state index contributed by atoms with van der Waals surface area (Å²) in [6.07, 6.45) is 0.850. The third-order valence-electron chi connectivity index (χ3n) is 2.31. The Balaban J connectivity index is 0. The molecule has 0 spiro atoms. The summed E-state index contributed by atoms with van der Waals surface area (Å²) in [5, 5.41) is 16.5. The van der Waals surface area contributed by atoms with Crippen LogP contribution in [0.4, 0.5) is 13.2 Å². The minimum Gasteiger partial charge on any atom is -0.481 e. The summed E-state index contributed by atoms with van der Waals surface area (Å²) in [5.74, 6) is -2.64. The molecule has 2 atom stereocenters. The number of rotatable bonds is 7. The average Bonchev–Trinajstić information content (AvgIpc) is 2.34. The van der Waals surface area contributed by atoms with Gasteiger partial charge in [0.1, 0.15) is 0 Å². The lowest BCUT2D eigenvalue weighted by Crippen LogP contribution is -2.32. The van der Waals surface area contributed by atoms with E-state index in [1.165, 1.54) is 0 Å². The average molecular weight is 352 g/mol.